The van der Waals surface area contributed by atoms with E-state index in [1.165, 1.54) is 26.1 Å². The van der Waals surface area contributed by atoms with Gasteiger partial charge in [-0.2, -0.15) is 18.3 Å². The number of aromatic amines is 1. The first-order valence-electron chi connectivity index (χ1n) is 9.83. The maximum atomic E-state index is 14.5. The van der Waals surface area contributed by atoms with E-state index in [9.17, 15) is 22.0 Å². The lowest BCUT2D eigenvalue weighted by Gasteiger charge is -2.39. The summed E-state index contributed by atoms with van der Waals surface area (Å²) in [4.78, 5) is 9.86. The van der Waals surface area contributed by atoms with Crippen LogP contribution in [0.15, 0.2) is 30.5 Å². The van der Waals surface area contributed by atoms with Gasteiger partial charge in [0.05, 0.1) is 17.3 Å². The van der Waals surface area contributed by atoms with Crippen LogP contribution in [0.2, 0.25) is 0 Å². The van der Waals surface area contributed by atoms with Crippen molar-refractivity contribution < 1.29 is 23.4 Å². The van der Waals surface area contributed by atoms with Gasteiger partial charge >= 0.3 is 6.18 Å². The van der Waals surface area contributed by atoms with Crippen LogP contribution in [0.4, 0.5) is 27.8 Å². The molecule has 3 aromatic rings. The molecule has 3 aromatic heterocycles. The van der Waals surface area contributed by atoms with Crippen LogP contribution < -0.4 is 10.2 Å². The normalized spacial score (nSPS) is 18.2. The molecule has 1 aliphatic heterocycles. The Labute approximate surface area is 176 Å². The van der Waals surface area contributed by atoms with Gasteiger partial charge in [0.25, 0.3) is 5.92 Å². The van der Waals surface area contributed by atoms with Crippen molar-refractivity contribution in [2.24, 2.45) is 5.92 Å². The van der Waals surface area contributed by atoms with Crippen molar-refractivity contribution in [2.45, 2.75) is 32.0 Å². The molecule has 31 heavy (non-hydrogen) atoms. The summed E-state index contributed by atoms with van der Waals surface area (Å²) in [6, 6.07) is 4.20. The highest BCUT2D eigenvalue weighted by Crippen LogP contribution is 2.39. The van der Waals surface area contributed by atoms with Crippen molar-refractivity contribution in [3.05, 3.63) is 36.0 Å². The predicted molar refractivity (Wildman–Crippen MR) is 108 cm³/mol. The van der Waals surface area contributed by atoms with Crippen molar-refractivity contribution in [1.82, 2.24) is 25.5 Å². The van der Waals surface area contributed by atoms with E-state index in [1.54, 1.807) is 17.0 Å². The highest BCUT2D eigenvalue weighted by molar-refractivity contribution is 5.90. The van der Waals surface area contributed by atoms with Crippen LogP contribution in [0.25, 0.3) is 22.4 Å². The summed E-state index contributed by atoms with van der Waals surface area (Å²) in [7, 11) is 0. The van der Waals surface area contributed by atoms with Gasteiger partial charge in [-0.3, -0.25) is 5.10 Å². The molecule has 0 amide bonds. The molecule has 4 rings (SSSR count). The standard InChI is InChI=1S/C20H21F5N6.H2/c1-11(2)19(21,22)14-10-31(9-8-26-14)15-6-5-13(20(23,24)25)17(28-15)16-12-4-3-7-27-18(12)30-29-16;/h3-7,11,14,26H,8-10H2,1-2H3,(H,27,29,30);1H. The van der Waals surface area contributed by atoms with E-state index in [1.807, 2.05) is 0 Å². The minimum atomic E-state index is -4.66. The van der Waals surface area contributed by atoms with Gasteiger partial charge in [-0.1, -0.05) is 13.8 Å². The molecular formula is C20H23F5N6. The first-order valence-corrected chi connectivity index (χ1v) is 9.83. The molecule has 0 bridgehead atoms. The molecule has 0 saturated carbocycles. The first kappa shape index (κ1) is 21.4. The first-order chi connectivity index (χ1) is 14.6. The zero-order valence-electron chi connectivity index (χ0n) is 16.8. The van der Waals surface area contributed by atoms with E-state index in [0.29, 0.717) is 11.9 Å². The summed E-state index contributed by atoms with van der Waals surface area (Å²) >= 11 is 0. The average Bonchev–Trinajstić information content (AvgIpc) is 3.17. The van der Waals surface area contributed by atoms with Crippen LogP contribution in [-0.4, -0.2) is 51.8 Å². The topological polar surface area (TPSA) is 69.7 Å². The van der Waals surface area contributed by atoms with Crippen LogP contribution in [-0.2, 0) is 6.18 Å². The van der Waals surface area contributed by atoms with E-state index < -0.39 is 29.6 Å². The molecule has 0 spiro atoms. The summed E-state index contributed by atoms with van der Waals surface area (Å²) in [6.45, 7) is 3.41. The zero-order chi connectivity index (χ0) is 22.4. The molecule has 168 valence electrons. The molecule has 1 saturated heterocycles. The second kappa shape index (κ2) is 7.70. The third-order valence-corrected chi connectivity index (χ3v) is 5.49. The van der Waals surface area contributed by atoms with Crippen molar-refractivity contribution >= 4 is 16.9 Å². The van der Waals surface area contributed by atoms with Gasteiger partial charge in [0.2, 0.25) is 0 Å². The number of hydrogen-bond donors (Lipinski definition) is 2. The Kier molecular flexibility index (Phi) is 5.32. The molecule has 1 aliphatic rings. The number of nitrogens with one attached hydrogen (secondary N) is 2. The van der Waals surface area contributed by atoms with Gasteiger partial charge in [-0.25, -0.2) is 18.7 Å². The third kappa shape index (κ3) is 3.93. The van der Waals surface area contributed by atoms with Gasteiger partial charge < -0.3 is 10.2 Å². The third-order valence-electron chi connectivity index (χ3n) is 5.49. The number of aromatic nitrogens is 4. The molecule has 1 atom stereocenters. The molecule has 0 radical (unpaired) electrons. The Balaban J connectivity index is 0.00000289. The number of piperazine rings is 1. The van der Waals surface area contributed by atoms with Crippen molar-refractivity contribution in [3.63, 3.8) is 0 Å². The summed E-state index contributed by atoms with van der Waals surface area (Å²) in [5.41, 5.74) is -0.941. The number of halogens is 5. The van der Waals surface area contributed by atoms with E-state index in [4.69, 9.17) is 0 Å². The number of fused-ring (bicyclic) bond motifs is 1. The second-order valence-electron chi connectivity index (χ2n) is 7.82. The predicted octanol–water partition coefficient (Wildman–Crippen LogP) is 4.35. The number of pyridine rings is 2. The lowest BCUT2D eigenvalue weighted by atomic mass is 9.96. The van der Waals surface area contributed by atoms with Crippen molar-refractivity contribution in [2.75, 3.05) is 24.5 Å². The number of hydrogen-bond acceptors (Lipinski definition) is 5. The molecule has 2 N–H and O–H groups in total. The van der Waals surface area contributed by atoms with Crippen LogP contribution in [0, 0.1) is 5.92 Å². The largest absolute Gasteiger partial charge is 0.418 e. The number of anilines is 1. The Morgan fingerprint density at radius 1 is 1.16 bits per heavy atom. The maximum absolute atomic E-state index is 14.5. The number of nitrogens with zero attached hydrogens (tertiary/aromatic N) is 4. The summed E-state index contributed by atoms with van der Waals surface area (Å²) in [6.07, 6.45) is -3.17. The van der Waals surface area contributed by atoms with Gasteiger partial charge in [-0.15, -0.1) is 0 Å². The lowest BCUT2D eigenvalue weighted by Crippen LogP contribution is -2.60. The quantitative estimate of drug-likeness (QED) is 0.588. The SMILES string of the molecule is CC(C)C(F)(F)C1CN(c2ccc(C(F)(F)F)c(-c3[nH]nc4ncccc34)n2)CCN1.[HH]. The highest BCUT2D eigenvalue weighted by Gasteiger charge is 2.45. The van der Waals surface area contributed by atoms with E-state index in [-0.39, 0.29) is 37.4 Å². The van der Waals surface area contributed by atoms with Crippen LogP contribution in [0.1, 0.15) is 20.8 Å². The van der Waals surface area contributed by atoms with Crippen LogP contribution in [0.5, 0.6) is 0 Å². The van der Waals surface area contributed by atoms with Gasteiger partial charge in [0.1, 0.15) is 11.5 Å². The Morgan fingerprint density at radius 3 is 2.65 bits per heavy atom. The van der Waals surface area contributed by atoms with E-state index >= 15 is 0 Å². The Bertz CT molecular complexity index is 1080. The zero-order valence-corrected chi connectivity index (χ0v) is 16.8. The van der Waals surface area contributed by atoms with Gasteiger partial charge in [0, 0.05) is 38.6 Å². The monoisotopic (exact) mass is 442 g/mol. The molecule has 11 heteroatoms. The van der Waals surface area contributed by atoms with E-state index in [0.717, 1.165) is 6.07 Å². The Hall–Kier alpha value is -2.82. The molecule has 1 fully saturated rings. The minimum absolute atomic E-state index is 0. The number of H-pyrrole nitrogens is 1. The minimum Gasteiger partial charge on any atom is -0.354 e. The number of alkyl halides is 5. The fraction of sp³-hybridized carbons (Fsp3) is 0.450. The highest BCUT2D eigenvalue weighted by atomic mass is 19.4. The van der Waals surface area contributed by atoms with E-state index in [2.05, 4.69) is 25.5 Å². The molecular weight excluding hydrogens is 419 g/mol. The van der Waals surface area contributed by atoms with Crippen molar-refractivity contribution in [1.29, 1.82) is 0 Å². The van der Waals surface area contributed by atoms with Crippen LogP contribution >= 0.6 is 0 Å². The summed E-state index contributed by atoms with van der Waals surface area (Å²) in [5.74, 6) is -3.66. The molecule has 6 nitrogen and oxygen atoms in total. The smallest absolute Gasteiger partial charge is 0.354 e. The molecule has 4 heterocycles. The fourth-order valence-corrected chi connectivity index (χ4v) is 3.69. The number of rotatable bonds is 4. The maximum Gasteiger partial charge on any atom is 0.418 e. The Morgan fingerprint density at radius 2 is 1.94 bits per heavy atom. The fourth-order valence-electron chi connectivity index (χ4n) is 3.69. The summed E-state index contributed by atoms with van der Waals surface area (Å²) < 4.78 is 70.2. The van der Waals surface area contributed by atoms with Crippen molar-refractivity contribution in [3.8, 4) is 11.4 Å². The molecule has 0 aromatic carbocycles. The second-order valence-corrected chi connectivity index (χ2v) is 7.82. The molecule has 1 unspecified atom stereocenters. The summed E-state index contributed by atoms with van der Waals surface area (Å²) in [5, 5.41) is 9.76. The average molecular weight is 442 g/mol. The van der Waals surface area contributed by atoms with Gasteiger partial charge in [-0.05, 0) is 24.3 Å². The van der Waals surface area contributed by atoms with Crippen LogP contribution in [0.3, 0.4) is 0 Å². The lowest BCUT2D eigenvalue weighted by molar-refractivity contribution is -0.137. The molecule has 0 aliphatic carbocycles. The van der Waals surface area contributed by atoms with Gasteiger partial charge in [0.15, 0.2) is 5.65 Å².